The number of likely N-dealkylation sites (N-methyl/N-ethyl adjacent to an activating group) is 1. The number of carbonyl (C=O) groups excluding carboxylic acids is 1. The van der Waals surface area contributed by atoms with Crippen molar-refractivity contribution < 1.29 is 37.3 Å². The van der Waals surface area contributed by atoms with Crippen LogP contribution in [0.1, 0.15) is 168 Å². The number of esters is 1. The fourth-order valence-corrected chi connectivity index (χ4v) is 5.92. The van der Waals surface area contributed by atoms with Crippen LogP contribution in [-0.4, -0.2) is 70.7 Å². The highest BCUT2D eigenvalue weighted by atomic mass is 31.2. The lowest BCUT2D eigenvalue weighted by atomic mass is 10.0. The summed E-state index contributed by atoms with van der Waals surface area (Å²) < 4.78 is 34.3. The summed E-state index contributed by atoms with van der Waals surface area (Å²) in [4.78, 5) is 24.8. The fraction of sp³-hybridized carbons (Fsp3) is 0.972. The second kappa shape index (κ2) is 30.8. The number of nitrogens with zero attached hydrogens (tertiary/aromatic N) is 1. The van der Waals surface area contributed by atoms with Crippen LogP contribution < -0.4 is 4.89 Å². The third kappa shape index (κ3) is 34.6. The lowest BCUT2D eigenvalue weighted by molar-refractivity contribution is -0.870. The van der Waals surface area contributed by atoms with Gasteiger partial charge in [-0.3, -0.25) is 9.36 Å². The first kappa shape index (κ1) is 44.5. The van der Waals surface area contributed by atoms with Gasteiger partial charge in [0.25, 0.3) is 7.82 Å². The van der Waals surface area contributed by atoms with Gasteiger partial charge in [0, 0.05) is 13.0 Å². The molecular weight excluding hydrogens is 589 g/mol. The number of hydrogen-bond donors (Lipinski definition) is 0. The van der Waals surface area contributed by atoms with Crippen molar-refractivity contribution in [1.29, 1.82) is 0 Å². The van der Waals surface area contributed by atoms with Gasteiger partial charge < -0.3 is 27.9 Å². The van der Waals surface area contributed by atoms with E-state index >= 15 is 0 Å². The Labute approximate surface area is 278 Å². The first-order valence-corrected chi connectivity index (χ1v) is 20.2. The summed E-state index contributed by atoms with van der Waals surface area (Å²) in [5, 5.41) is 0. The van der Waals surface area contributed by atoms with Crippen LogP contribution in [0.5, 0.6) is 0 Å². The van der Waals surface area contributed by atoms with Gasteiger partial charge in [-0.1, -0.05) is 149 Å². The molecule has 0 aliphatic carbocycles. The number of unbranched alkanes of at least 4 members (excludes halogenated alkanes) is 21. The molecule has 0 bridgehead atoms. The van der Waals surface area contributed by atoms with Crippen molar-refractivity contribution in [3.63, 3.8) is 0 Å². The molecule has 0 rings (SSSR count). The van der Waals surface area contributed by atoms with Gasteiger partial charge in [-0.2, -0.15) is 0 Å². The minimum Gasteiger partial charge on any atom is -0.756 e. The Morgan fingerprint density at radius 2 is 1.02 bits per heavy atom. The molecule has 2 unspecified atom stereocenters. The number of phosphoric ester groups is 1. The molecule has 0 saturated heterocycles. The van der Waals surface area contributed by atoms with Gasteiger partial charge in [-0.25, -0.2) is 0 Å². The van der Waals surface area contributed by atoms with E-state index in [9.17, 15) is 14.3 Å². The number of quaternary nitrogens is 1. The number of ether oxygens (including phenoxy) is 2. The molecule has 0 aliphatic heterocycles. The second-order valence-corrected chi connectivity index (χ2v) is 15.4. The van der Waals surface area contributed by atoms with Gasteiger partial charge in [0.05, 0.1) is 34.4 Å². The molecule has 0 radical (unpaired) electrons. The molecule has 0 saturated carbocycles. The van der Waals surface area contributed by atoms with Gasteiger partial charge >= 0.3 is 5.97 Å². The second-order valence-electron chi connectivity index (χ2n) is 14.0. The van der Waals surface area contributed by atoms with Gasteiger partial charge in [-0.05, 0) is 12.8 Å². The normalized spacial score (nSPS) is 14.0. The summed E-state index contributed by atoms with van der Waals surface area (Å²) in [5.41, 5.74) is 0. The SMILES string of the molecule is CCCCCCCCCCCCCCCCCCC(=O)OC(COCCCCCCCCC)COP(=O)([O-])OCC[N+](C)(C)C. The number of rotatable bonds is 35. The zero-order valence-corrected chi connectivity index (χ0v) is 31.2. The first-order valence-electron chi connectivity index (χ1n) is 18.8. The summed E-state index contributed by atoms with van der Waals surface area (Å²) >= 11 is 0. The highest BCUT2D eigenvalue weighted by Gasteiger charge is 2.20. The first-order chi connectivity index (χ1) is 21.6. The van der Waals surface area contributed by atoms with Crippen LogP contribution in [0.3, 0.4) is 0 Å². The summed E-state index contributed by atoms with van der Waals surface area (Å²) in [6, 6.07) is 0. The molecule has 0 spiro atoms. The fourth-order valence-electron chi connectivity index (χ4n) is 5.19. The molecule has 0 heterocycles. The van der Waals surface area contributed by atoms with Gasteiger partial charge in [-0.15, -0.1) is 0 Å². The number of phosphoric acid groups is 1. The van der Waals surface area contributed by atoms with Crippen LogP contribution in [0.15, 0.2) is 0 Å². The van der Waals surface area contributed by atoms with Crippen LogP contribution in [0.25, 0.3) is 0 Å². The van der Waals surface area contributed by atoms with Crippen LogP contribution in [0.4, 0.5) is 0 Å². The Kier molecular flexibility index (Phi) is 30.5. The summed E-state index contributed by atoms with van der Waals surface area (Å²) in [5.74, 6) is -0.333. The molecule has 2 atom stereocenters. The molecule has 9 heteroatoms. The van der Waals surface area contributed by atoms with Gasteiger partial charge in [0.2, 0.25) is 0 Å². The van der Waals surface area contributed by atoms with E-state index in [2.05, 4.69) is 13.8 Å². The molecule has 270 valence electrons. The largest absolute Gasteiger partial charge is 0.756 e. The molecule has 0 aromatic rings. The highest BCUT2D eigenvalue weighted by Crippen LogP contribution is 2.38. The average molecular weight is 664 g/mol. The Morgan fingerprint density at radius 3 is 1.47 bits per heavy atom. The topological polar surface area (TPSA) is 94.1 Å². The molecule has 0 aromatic heterocycles. The van der Waals surface area contributed by atoms with Crippen LogP contribution >= 0.6 is 7.82 Å². The van der Waals surface area contributed by atoms with Crippen LogP contribution in [0, 0.1) is 0 Å². The highest BCUT2D eigenvalue weighted by molar-refractivity contribution is 7.45. The van der Waals surface area contributed by atoms with Crippen LogP contribution in [0.2, 0.25) is 0 Å². The van der Waals surface area contributed by atoms with E-state index in [-0.39, 0.29) is 25.8 Å². The van der Waals surface area contributed by atoms with E-state index < -0.39 is 13.9 Å². The third-order valence-electron chi connectivity index (χ3n) is 8.16. The van der Waals surface area contributed by atoms with Crippen molar-refractivity contribution in [1.82, 2.24) is 0 Å². The molecule has 45 heavy (non-hydrogen) atoms. The summed E-state index contributed by atoms with van der Waals surface area (Å²) in [6.07, 6.45) is 28.3. The smallest absolute Gasteiger partial charge is 0.306 e. The number of carbonyl (C=O) groups is 1. The van der Waals surface area contributed by atoms with Crippen LogP contribution in [-0.2, 0) is 27.9 Å². The van der Waals surface area contributed by atoms with E-state index in [1.54, 1.807) is 0 Å². The third-order valence-corrected chi connectivity index (χ3v) is 9.12. The van der Waals surface area contributed by atoms with Crippen molar-refractivity contribution in [2.45, 2.75) is 174 Å². The van der Waals surface area contributed by atoms with Crippen molar-refractivity contribution in [2.75, 3.05) is 54.1 Å². The van der Waals surface area contributed by atoms with E-state index in [1.807, 2.05) is 21.1 Å². The maximum Gasteiger partial charge on any atom is 0.306 e. The van der Waals surface area contributed by atoms with Crippen molar-refractivity contribution in [2.24, 2.45) is 0 Å². The zero-order valence-electron chi connectivity index (χ0n) is 30.3. The maximum atomic E-state index is 12.6. The minimum atomic E-state index is -4.50. The van der Waals surface area contributed by atoms with E-state index in [0.717, 1.165) is 32.1 Å². The minimum absolute atomic E-state index is 0.0305. The monoisotopic (exact) mass is 664 g/mol. The molecule has 0 aliphatic rings. The number of hydrogen-bond acceptors (Lipinski definition) is 7. The maximum absolute atomic E-state index is 12.6. The Bertz CT molecular complexity index is 701. The Balaban J connectivity index is 4.18. The van der Waals surface area contributed by atoms with E-state index in [0.29, 0.717) is 24.1 Å². The van der Waals surface area contributed by atoms with E-state index in [4.69, 9.17) is 18.5 Å². The quantitative estimate of drug-likeness (QED) is 0.0288. The zero-order chi connectivity index (χ0) is 33.5. The van der Waals surface area contributed by atoms with Crippen molar-refractivity contribution in [3.8, 4) is 0 Å². The molecule has 8 nitrogen and oxygen atoms in total. The lowest BCUT2D eigenvalue weighted by Gasteiger charge is -2.28. The Hall–Kier alpha value is -0.500. The average Bonchev–Trinajstić information content (AvgIpc) is 2.98. The standard InChI is InChI=1S/C36H74NO7P/c1-6-8-10-12-14-15-16-17-18-19-20-21-22-23-25-27-29-36(38)44-35(33-41-31-28-26-24-13-11-9-7-2)34-43-45(39,40)42-32-30-37(3,4)5/h35H,6-34H2,1-5H3. The molecule has 0 amide bonds. The summed E-state index contributed by atoms with van der Waals surface area (Å²) in [7, 11) is 1.37. The van der Waals surface area contributed by atoms with Gasteiger partial charge in [0.1, 0.15) is 19.3 Å². The predicted molar refractivity (Wildman–Crippen MR) is 185 cm³/mol. The lowest BCUT2D eigenvalue weighted by Crippen LogP contribution is -2.37. The summed E-state index contributed by atoms with van der Waals surface area (Å²) in [6.45, 7) is 5.40. The molecule has 0 N–H and O–H groups in total. The predicted octanol–water partition coefficient (Wildman–Crippen LogP) is 9.52. The van der Waals surface area contributed by atoms with Gasteiger partial charge in [0.15, 0.2) is 0 Å². The molecular formula is C36H74NO7P. The molecule has 0 fully saturated rings. The molecule has 0 aromatic carbocycles. The van der Waals surface area contributed by atoms with Crippen molar-refractivity contribution >= 4 is 13.8 Å². The van der Waals surface area contributed by atoms with E-state index in [1.165, 1.54) is 116 Å². The van der Waals surface area contributed by atoms with Crippen molar-refractivity contribution in [3.05, 3.63) is 0 Å². The Morgan fingerprint density at radius 1 is 0.600 bits per heavy atom.